The molecule has 1 heterocycles. The molecule has 0 fully saturated rings. The van der Waals surface area contributed by atoms with Crippen molar-refractivity contribution in [2.24, 2.45) is 0 Å². The summed E-state index contributed by atoms with van der Waals surface area (Å²) in [5.74, 6) is -1.23. The molecule has 2 N–H and O–H groups in total. The molecule has 0 aliphatic carbocycles. The first-order chi connectivity index (χ1) is 9.32. The number of rotatable bonds is 8. The first kappa shape index (κ1) is 17.1. The molecule has 114 valence electrons. The van der Waals surface area contributed by atoms with E-state index in [1.165, 1.54) is 16.7 Å². The number of unbranched alkanes of at least 4 members (excludes halogenated alkanes) is 2. The van der Waals surface area contributed by atoms with Crippen LogP contribution in [0.2, 0.25) is 0 Å². The molecule has 0 aromatic carbocycles. The SMILES string of the molecule is Cc1csc(C(=O)O)c1S(=O)(=O)N(C)CCCCCO. The molecule has 8 heteroatoms. The van der Waals surface area contributed by atoms with E-state index < -0.39 is 16.0 Å². The molecule has 0 aliphatic heterocycles. The van der Waals surface area contributed by atoms with Crippen molar-refractivity contribution in [3.05, 3.63) is 15.8 Å². The van der Waals surface area contributed by atoms with Gasteiger partial charge in [0.15, 0.2) is 0 Å². The van der Waals surface area contributed by atoms with Crippen LogP contribution in [-0.4, -0.2) is 49.1 Å². The Kier molecular flexibility index (Phi) is 6.12. The number of aryl methyl sites for hydroxylation is 1. The number of carboxylic acids is 1. The highest BCUT2D eigenvalue weighted by atomic mass is 32.2. The van der Waals surface area contributed by atoms with Crippen LogP contribution in [0.5, 0.6) is 0 Å². The van der Waals surface area contributed by atoms with Crippen molar-refractivity contribution < 1.29 is 23.4 Å². The van der Waals surface area contributed by atoms with Gasteiger partial charge < -0.3 is 10.2 Å². The number of nitrogens with zero attached hydrogens (tertiary/aromatic N) is 1. The summed E-state index contributed by atoms with van der Waals surface area (Å²) in [6, 6.07) is 0. The summed E-state index contributed by atoms with van der Waals surface area (Å²) in [4.78, 5) is 10.8. The molecule has 0 aliphatic rings. The van der Waals surface area contributed by atoms with Crippen LogP contribution in [0, 0.1) is 6.92 Å². The number of hydrogen-bond acceptors (Lipinski definition) is 5. The highest BCUT2D eigenvalue weighted by Crippen LogP contribution is 2.29. The largest absolute Gasteiger partial charge is 0.477 e. The fraction of sp³-hybridized carbons (Fsp3) is 0.583. The van der Waals surface area contributed by atoms with E-state index in [0.29, 0.717) is 24.9 Å². The number of carbonyl (C=O) groups is 1. The molecule has 0 atom stereocenters. The lowest BCUT2D eigenvalue weighted by molar-refractivity contribution is 0.0698. The molecule has 0 saturated heterocycles. The van der Waals surface area contributed by atoms with E-state index in [1.54, 1.807) is 6.92 Å². The quantitative estimate of drug-likeness (QED) is 0.708. The second-order valence-electron chi connectivity index (χ2n) is 4.49. The maximum atomic E-state index is 12.4. The molecule has 0 amide bonds. The smallest absolute Gasteiger partial charge is 0.347 e. The minimum absolute atomic E-state index is 0.0866. The summed E-state index contributed by atoms with van der Waals surface area (Å²) in [5, 5.41) is 19.3. The number of aromatic carboxylic acids is 1. The molecule has 0 unspecified atom stereocenters. The third kappa shape index (κ3) is 3.78. The zero-order valence-electron chi connectivity index (χ0n) is 11.5. The fourth-order valence-electron chi connectivity index (χ4n) is 1.80. The van der Waals surface area contributed by atoms with Crippen molar-refractivity contribution in [2.75, 3.05) is 20.2 Å². The van der Waals surface area contributed by atoms with Crippen LogP contribution in [-0.2, 0) is 10.0 Å². The molecule has 1 aromatic heterocycles. The van der Waals surface area contributed by atoms with Gasteiger partial charge in [-0.3, -0.25) is 0 Å². The summed E-state index contributed by atoms with van der Waals surface area (Å²) in [6.07, 6.45) is 1.98. The van der Waals surface area contributed by atoms with E-state index in [9.17, 15) is 13.2 Å². The molecule has 0 radical (unpaired) electrons. The minimum Gasteiger partial charge on any atom is -0.477 e. The molecule has 0 saturated carbocycles. The van der Waals surface area contributed by atoms with Gasteiger partial charge in [0.2, 0.25) is 10.0 Å². The highest BCUT2D eigenvalue weighted by molar-refractivity contribution is 7.89. The van der Waals surface area contributed by atoms with Crippen molar-refractivity contribution in [2.45, 2.75) is 31.1 Å². The van der Waals surface area contributed by atoms with Gasteiger partial charge in [-0.1, -0.05) is 0 Å². The highest BCUT2D eigenvalue weighted by Gasteiger charge is 2.29. The first-order valence-electron chi connectivity index (χ1n) is 6.21. The Labute approximate surface area is 122 Å². The number of aliphatic hydroxyl groups is 1. The molecule has 1 aromatic rings. The van der Waals surface area contributed by atoms with Crippen LogP contribution >= 0.6 is 11.3 Å². The van der Waals surface area contributed by atoms with Crippen LogP contribution in [0.3, 0.4) is 0 Å². The first-order valence-corrected chi connectivity index (χ1v) is 8.53. The summed E-state index contributed by atoms with van der Waals surface area (Å²) >= 11 is 0.922. The topological polar surface area (TPSA) is 94.9 Å². The van der Waals surface area contributed by atoms with Crippen LogP contribution in [0.25, 0.3) is 0 Å². The summed E-state index contributed by atoms with van der Waals surface area (Å²) in [6.45, 7) is 1.98. The lowest BCUT2D eigenvalue weighted by Crippen LogP contribution is -2.29. The average molecular weight is 321 g/mol. The summed E-state index contributed by atoms with van der Waals surface area (Å²) < 4.78 is 26.0. The number of sulfonamides is 1. The van der Waals surface area contributed by atoms with Crippen LogP contribution in [0.1, 0.15) is 34.5 Å². The lowest BCUT2D eigenvalue weighted by Gasteiger charge is -2.17. The Balaban J connectivity index is 2.93. The Morgan fingerprint density at radius 1 is 1.35 bits per heavy atom. The van der Waals surface area contributed by atoms with E-state index in [2.05, 4.69) is 0 Å². The number of hydrogen-bond donors (Lipinski definition) is 2. The number of aliphatic hydroxyl groups excluding tert-OH is 1. The van der Waals surface area contributed by atoms with Crippen LogP contribution in [0.15, 0.2) is 10.3 Å². The van der Waals surface area contributed by atoms with Crippen molar-refractivity contribution >= 4 is 27.3 Å². The summed E-state index contributed by atoms with van der Waals surface area (Å²) in [7, 11) is -2.35. The van der Waals surface area contributed by atoms with Gasteiger partial charge in [0, 0.05) is 20.2 Å². The van der Waals surface area contributed by atoms with Gasteiger partial charge in [0.1, 0.15) is 9.77 Å². The van der Waals surface area contributed by atoms with Crippen molar-refractivity contribution in [1.82, 2.24) is 4.31 Å². The lowest BCUT2D eigenvalue weighted by atomic mass is 10.2. The summed E-state index contributed by atoms with van der Waals surface area (Å²) in [5.41, 5.74) is 0.453. The molecule has 20 heavy (non-hydrogen) atoms. The van der Waals surface area contributed by atoms with E-state index in [0.717, 1.165) is 17.8 Å². The Hall–Kier alpha value is -0.960. The van der Waals surface area contributed by atoms with Crippen LogP contribution < -0.4 is 0 Å². The monoisotopic (exact) mass is 321 g/mol. The van der Waals surface area contributed by atoms with E-state index in [-0.39, 0.29) is 16.4 Å². The van der Waals surface area contributed by atoms with Gasteiger partial charge in [0.25, 0.3) is 0 Å². The van der Waals surface area contributed by atoms with Gasteiger partial charge in [-0.15, -0.1) is 11.3 Å². The average Bonchev–Trinajstić information content (AvgIpc) is 2.77. The van der Waals surface area contributed by atoms with Gasteiger partial charge >= 0.3 is 5.97 Å². The zero-order chi connectivity index (χ0) is 15.3. The normalized spacial score (nSPS) is 12.0. The fourth-order valence-corrected chi connectivity index (χ4v) is 4.59. The zero-order valence-corrected chi connectivity index (χ0v) is 13.1. The maximum Gasteiger partial charge on any atom is 0.347 e. The second-order valence-corrected chi connectivity index (χ2v) is 7.35. The van der Waals surface area contributed by atoms with Gasteiger partial charge in [-0.2, -0.15) is 0 Å². The van der Waals surface area contributed by atoms with Crippen molar-refractivity contribution in [3.63, 3.8) is 0 Å². The molecular formula is C12H19NO5S2. The molecule has 1 rings (SSSR count). The minimum atomic E-state index is -3.79. The molecular weight excluding hydrogens is 302 g/mol. The van der Waals surface area contributed by atoms with E-state index in [1.807, 2.05) is 0 Å². The van der Waals surface area contributed by atoms with Crippen molar-refractivity contribution in [3.8, 4) is 0 Å². The van der Waals surface area contributed by atoms with Crippen molar-refractivity contribution in [1.29, 1.82) is 0 Å². The van der Waals surface area contributed by atoms with E-state index >= 15 is 0 Å². The Morgan fingerprint density at radius 3 is 2.55 bits per heavy atom. The third-order valence-electron chi connectivity index (χ3n) is 2.91. The predicted octanol–water partition coefficient (Wildman–Crippen LogP) is 1.54. The molecule has 6 nitrogen and oxygen atoms in total. The van der Waals surface area contributed by atoms with E-state index in [4.69, 9.17) is 10.2 Å². The molecule has 0 spiro atoms. The Bertz CT molecular complexity index is 564. The molecule has 0 bridgehead atoms. The second kappa shape index (κ2) is 7.16. The van der Waals surface area contributed by atoms with Gasteiger partial charge in [-0.25, -0.2) is 17.5 Å². The number of carboxylic acid groups (broad SMARTS) is 1. The van der Waals surface area contributed by atoms with Crippen LogP contribution in [0.4, 0.5) is 0 Å². The van der Waals surface area contributed by atoms with Gasteiger partial charge in [-0.05, 0) is 37.1 Å². The third-order valence-corrected chi connectivity index (χ3v) is 6.17. The van der Waals surface area contributed by atoms with Gasteiger partial charge in [0.05, 0.1) is 0 Å². The predicted molar refractivity (Wildman–Crippen MR) is 76.8 cm³/mol. The number of thiophene rings is 1. The standard InChI is InChI=1S/C12H19NO5S2/c1-9-8-19-10(12(15)16)11(9)20(17,18)13(2)6-4-3-5-7-14/h8,14H,3-7H2,1-2H3,(H,15,16). The maximum absolute atomic E-state index is 12.4. The Morgan fingerprint density at radius 2 is 2.00 bits per heavy atom.